The van der Waals surface area contributed by atoms with Crippen LogP contribution in [0.5, 0.6) is 0 Å². The lowest BCUT2D eigenvalue weighted by molar-refractivity contribution is -0.120. The van der Waals surface area contributed by atoms with Crippen LogP contribution in [-0.4, -0.2) is 33.4 Å². The largest absolute Gasteiger partial charge is 0.355 e. The quantitative estimate of drug-likeness (QED) is 0.354. The van der Waals surface area contributed by atoms with E-state index in [-0.39, 0.29) is 18.2 Å². The van der Waals surface area contributed by atoms with Gasteiger partial charge in [-0.2, -0.15) is 0 Å². The van der Waals surface area contributed by atoms with E-state index in [1.165, 1.54) is 11.8 Å². The molecule has 0 radical (unpaired) electrons. The van der Waals surface area contributed by atoms with Crippen molar-refractivity contribution < 1.29 is 9.59 Å². The minimum Gasteiger partial charge on any atom is -0.355 e. The van der Waals surface area contributed by atoms with Crippen molar-refractivity contribution in [3.8, 4) is 0 Å². The zero-order valence-electron chi connectivity index (χ0n) is 21.6. The fourth-order valence-electron chi connectivity index (χ4n) is 4.63. The first-order valence-corrected chi connectivity index (χ1v) is 13.9. The molecule has 1 atom stereocenters. The minimum absolute atomic E-state index is 0.105. The number of hydrogen-bond donors (Lipinski definition) is 2. The molecule has 1 aromatic heterocycles. The second-order valence-electron chi connectivity index (χ2n) is 9.31. The molecule has 7 nitrogen and oxygen atoms in total. The number of thioether (sulfide) groups is 1. The molecule has 3 aromatic rings. The Morgan fingerprint density at radius 2 is 1.79 bits per heavy atom. The molecular weight excluding hydrogens is 530 g/mol. The van der Waals surface area contributed by atoms with Gasteiger partial charge in [0.05, 0.1) is 23.7 Å². The number of halogens is 1. The number of carbonyl (C=O) groups is 2. The Hall–Kier alpha value is -3.88. The normalized spacial score (nSPS) is 16.4. The van der Waals surface area contributed by atoms with E-state index in [0.29, 0.717) is 29.3 Å². The van der Waals surface area contributed by atoms with Crippen LogP contribution >= 0.6 is 23.4 Å². The highest BCUT2D eigenvalue weighted by molar-refractivity contribution is 8.16. The van der Waals surface area contributed by atoms with Gasteiger partial charge >= 0.3 is 0 Å². The number of allylic oxidation sites excluding steroid dienone is 1. The molecule has 0 bridgehead atoms. The first-order valence-electron chi connectivity index (χ1n) is 12.6. The zero-order valence-corrected chi connectivity index (χ0v) is 23.2. The predicted octanol–water partition coefficient (Wildman–Crippen LogP) is 6.01. The molecule has 0 fully saturated rings. The highest BCUT2D eigenvalue weighted by Gasteiger charge is 2.40. The molecule has 2 N–H and O–H groups in total. The average molecular weight is 558 g/mol. The van der Waals surface area contributed by atoms with Crippen LogP contribution < -0.4 is 10.6 Å². The van der Waals surface area contributed by atoms with Crippen molar-refractivity contribution in [1.29, 1.82) is 0 Å². The van der Waals surface area contributed by atoms with E-state index in [1.54, 1.807) is 6.20 Å². The fourth-order valence-corrected chi connectivity index (χ4v) is 5.72. The number of anilines is 1. The number of aliphatic imine (C=N–C) groups is 1. The Balaban J connectivity index is 1.39. The Morgan fingerprint density at radius 3 is 2.54 bits per heavy atom. The molecule has 3 heterocycles. The van der Waals surface area contributed by atoms with Gasteiger partial charge in [-0.25, -0.2) is 4.99 Å². The minimum atomic E-state index is -0.471. The lowest BCUT2D eigenvalue weighted by Crippen LogP contribution is -2.39. The van der Waals surface area contributed by atoms with Crippen LogP contribution in [0.15, 0.2) is 100 Å². The topological polar surface area (TPSA) is 86.7 Å². The Labute approximate surface area is 237 Å². The maximum Gasteiger partial charge on any atom is 0.255 e. The summed E-state index contributed by atoms with van der Waals surface area (Å²) in [6, 6.07) is 20.4. The highest BCUT2D eigenvalue weighted by Crippen LogP contribution is 2.45. The number of para-hydroxylation sites is 1. The van der Waals surface area contributed by atoms with E-state index in [1.807, 2.05) is 90.9 Å². The van der Waals surface area contributed by atoms with Crippen molar-refractivity contribution in [2.75, 3.05) is 11.9 Å². The van der Waals surface area contributed by atoms with Gasteiger partial charge in [-0.1, -0.05) is 59.8 Å². The summed E-state index contributed by atoms with van der Waals surface area (Å²) in [7, 11) is 0. The molecule has 39 heavy (non-hydrogen) atoms. The molecular formula is C30H28ClN5O2S. The third-order valence-electron chi connectivity index (χ3n) is 6.60. The van der Waals surface area contributed by atoms with Crippen LogP contribution in [0.1, 0.15) is 36.2 Å². The van der Waals surface area contributed by atoms with Gasteiger partial charge < -0.3 is 15.5 Å². The molecule has 198 valence electrons. The lowest BCUT2D eigenvalue weighted by atomic mass is 9.93. The number of rotatable bonds is 8. The number of hydrogen-bond acceptors (Lipinski definition) is 6. The van der Waals surface area contributed by atoms with Gasteiger partial charge in [0.2, 0.25) is 5.91 Å². The van der Waals surface area contributed by atoms with E-state index >= 15 is 0 Å². The maximum atomic E-state index is 13.8. The van der Waals surface area contributed by atoms with Crippen molar-refractivity contribution in [1.82, 2.24) is 15.2 Å². The Morgan fingerprint density at radius 1 is 1.03 bits per heavy atom. The molecule has 0 saturated heterocycles. The molecule has 0 aliphatic carbocycles. The van der Waals surface area contributed by atoms with Crippen LogP contribution in [-0.2, 0) is 16.0 Å². The monoisotopic (exact) mass is 557 g/mol. The summed E-state index contributed by atoms with van der Waals surface area (Å²) in [5.74, 6) is -0.341. The van der Waals surface area contributed by atoms with Crippen molar-refractivity contribution in [3.05, 3.63) is 117 Å². The van der Waals surface area contributed by atoms with Crippen LogP contribution in [0.3, 0.4) is 0 Å². The smallest absolute Gasteiger partial charge is 0.255 e. The average Bonchev–Trinajstić information content (AvgIpc) is 3.32. The number of pyridine rings is 1. The van der Waals surface area contributed by atoms with Crippen molar-refractivity contribution in [3.63, 3.8) is 0 Å². The summed E-state index contributed by atoms with van der Waals surface area (Å²) >= 11 is 7.66. The Kier molecular flexibility index (Phi) is 8.14. The van der Waals surface area contributed by atoms with Gasteiger partial charge in [0.25, 0.3) is 5.91 Å². The summed E-state index contributed by atoms with van der Waals surface area (Å²) in [5, 5.41) is 9.34. The SMILES string of the molecule is CC1=C(C(=O)Nc2ccccc2C)C(c2ccc(Cl)cc2)N2C(CC(=O)NCCc3ccccn3)=CSC2=N1. The lowest BCUT2D eigenvalue weighted by Gasteiger charge is -2.36. The number of amidine groups is 1. The number of nitrogens with zero attached hydrogens (tertiary/aromatic N) is 3. The third-order valence-corrected chi connectivity index (χ3v) is 7.74. The van der Waals surface area contributed by atoms with Gasteiger partial charge in [-0.05, 0) is 60.7 Å². The van der Waals surface area contributed by atoms with Crippen LogP contribution in [0.2, 0.25) is 5.02 Å². The molecule has 0 spiro atoms. The Bertz CT molecular complexity index is 1480. The number of aryl methyl sites for hydroxylation is 1. The summed E-state index contributed by atoms with van der Waals surface area (Å²) < 4.78 is 0. The van der Waals surface area contributed by atoms with Crippen molar-refractivity contribution >= 4 is 46.0 Å². The van der Waals surface area contributed by atoms with Crippen molar-refractivity contribution in [2.24, 2.45) is 4.99 Å². The van der Waals surface area contributed by atoms with Crippen molar-refractivity contribution in [2.45, 2.75) is 32.7 Å². The molecule has 5 rings (SSSR count). The van der Waals surface area contributed by atoms with E-state index in [2.05, 4.69) is 15.6 Å². The van der Waals surface area contributed by atoms with Gasteiger partial charge in [0, 0.05) is 41.3 Å². The molecule has 2 aliphatic heterocycles. The molecule has 0 saturated carbocycles. The number of carbonyl (C=O) groups excluding carboxylic acids is 2. The summed E-state index contributed by atoms with van der Waals surface area (Å²) in [5.41, 5.74) is 5.44. The van der Waals surface area contributed by atoms with Crippen LogP contribution in [0.25, 0.3) is 0 Å². The van der Waals surface area contributed by atoms with E-state index in [9.17, 15) is 9.59 Å². The predicted molar refractivity (Wildman–Crippen MR) is 157 cm³/mol. The van der Waals surface area contributed by atoms with Gasteiger partial charge in [-0.15, -0.1) is 0 Å². The second-order valence-corrected chi connectivity index (χ2v) is 10.6. The van der Waals surface area contributed by atoms with E-state index in [0.717, 1.165) is 33.4 Å². The molecule has 2 aliphatic rings. The van der Waals surface area contributed by atoms with Gasteiger partial charge in [0.15, 0.2) is 5.17 Å². The molecule has 2 amide bonds. The fraction of sp³-hybridized carbons (Fsp3) is 0.200. The van der Waals surface area contributed by atoms with E-state index in [4.69, 9.17) is 16.6 Å². The van der Waals surface area contributed by atoms with Gasteiger partial charge in [-0.3, -0.25) is 14.6 Å². The number of nitrogens with one attached hydrogen (secondary N) is 2. The maximum absolute atomic E-state index is 13.8. The van der Waals surface area contributed by atoms with E-state index < -0.39 is 6.04 Å². The number of benzene rings is 2. The molecule has 2 aromatic carbocycles. The van der Waals surface area contributed by atoms with Gasteiger partial charge in [0.1, 0.15) is 0 Å². The summed E-state index contributed by atoms with van der Waals surface area (Å²) in [4.78, 5) is 37.8. The summed E-state index contributed by atoms with van der Waals surface area (Å²) in [6.45, 7) is 4.29. The first kappa shape index (κ1) is 26.7. The number of aromatic nitrogens is 1. The van der Waals surface area contributed by atoms with Crippen LogP contribution in [0.4, 0.5) is 5.69 Å². The van der Waals surface area contributed by atoms with Crippen LogP contribution in [0, 0.1) is 6.92 Å². The number of fused-ring (bicyclic) bond motifs is 1. The molecule has 9 heteroatoms. The standard InChI is InChI=1S/C30H28ClN5O2S/c1-19-7-3-4-9-25(19)35-29(38)27-20(2)34-30-36(28(27)21-10-12-22(31)13-11-21)24(18-39-30)17-26(37)33-16-14-23-8-5-6-15-32-23/h3-13,15,18,28H,14,16-17H2,1-2H3,(H,33,37)(H,35,38). The summed E-state index contributed by atoms with van der Waals surface area (Å²) in [6.07, 6.45) is 2.55. The zero-order chi connectivity index (χ0) is 27.4. The third kappa shape index (κ3) is 6.08. The molecule has 1 unspecified atom stereocenters. The highest BCUT2D eigenvalue weighted by atomic mass is 35.5. The second kappa shape index (κ2) is 11.9. The first-order chi connectivity index (χ1) is 18.9. The number of amides is 2.